The van der Waals surface area contributed by atoms with Gasteiger partial charge in [0.15, 0.2) is 0 Å². The molecule has 1 saturated heterocycles. The zero-order chi connectivity index (χ0) is 14.2. The fourth-order valence-corrected chi connectivity index (χ4v) is 5.43. The summed E-state index contributed by atoms with van der Waals surface area (Å²) in [7, 11) is -3.62. The Bertz CT molecular complexity index is 544. The first-order valence-corrected chi connectivity index (χ1v) is 8.46. The summed E-state index contributed by atoms with van der Waals surface area (Å²) in [6, 6.07) is 4.75. The molecule has 19 heavy (non-hydrogen) atoms. The summed E-state index contributed by atoms with van der Waals surface area (Å²) in [6.45, 7) is 5.17. The van der Waals surface area contributed by atoms with Crippen molar-refractivity contribution in [2.24, 2.45) is 11.8 Å². The van der Waals surface area contributed by atoms with Crippen LogP contribution in [0.2, 0.25) is 10.0 Å². The van der Waals surface area contributed by atoms with Crippen molar-refractivity contribution in [3.63, 3.8) is 0 Å². The summed E-state index contributed by atoms with van der Waals surface area (Å²) < 4.78 is 26.9. The molecule has 1 heterocycles. The van der Waals surface area contributed by atoms with Crippen molar-refractivity contribution in [1.29, 1.82) is 0 Å². The highest BCUT2D eigenvalue weighted by Gasteiger charge is 2.34. The van der Waals surface area contributed by atoms with Gasteiger partial charge >= 0.3 is 0 Å². The molecule has 1 aliphatic heterocycles. The molecule has 0 saturated carbocycles. The molecular formula is C13H17Cl2NO2S. The van der Waals surface area contributed by atoms with E-state index < -0.39 is 10.0 Å². The molecule has 6 heteroatoms. The molecule has 1 aromatic carbocycles. The van der Waals surface area contributed by atoms with Crippen LogP contribution in [0.25, 0.3) is 0 Å². The van der Waals surface area contributed by atoms with Crippen LogP contribution in [-0.2, 0) is 10.0 Å². The third kappa shape index (κ3) is 3.07. The van der Waals surface area contributed by atoms with Crippen LogP contribution in [0.3, 0.4) is 0 Å². The molecule has 0 aliphatic carbocycles. The molecular weight excluding hydrogens is 305 g/mol. The molecule has 0 aromatic heterocycles. The van der Waals surface area contributed by atoms with Gasteiger partial charge in [0.1, 0.15) is 4.90 Å². The molecule has 2 atom stereocenters. The van der Waals surface area contributed by atoms with Crippen molar-refractivity contribution in [2.75, 3.05) is 13.1 Å². The van der Waals surface area contributed by atoms with Gasteiger partial charge in [-0.3, -0.25) is 0 Å². The van der Waals surface area contributed by atoms with Gasteiger partial charge in [0.05, 0.1) is 10.0 Å². The third-order valence-electron chi connectivity index (χ3n) is 3.35. The minimum atomic E-state index is -3.62. The van der Waals surface area contributed by atoms with Crippen LogP contribution in [0.15, 0.2) is 23.1 Å². The molecule has 0 radical (unpaired) electrons. The highest BCUT2D eigenvalue weighted by atomic mass is 35.5. The fraction of sp³-hybridized carbons (Fsp3) is 0.538. The normalized spacial score (nSPS) is 25.5. The van der Waals surface area contributed by atoms with E-state index in [0.29, 0.717) is 24.9 Å². The lowest BCUT2D eigenvalue weighted by Crippen LogP contribution is -2.42. The molecule has 0 amide bonds. The van der Waals surface area contributed by atoms with Crippen LogP contribution in [0.1, 0.15) is 20.3 Å². The maximum Gasteiger partial charge on any atom is 0.246 e. The van der Waals surface area contributed by atoms with Gasteiger partial charge in [-0.1, -0.05) is 43.1 Å². The Kier molecular flexibility index (Phi) is 4.45. The zero-order valence-corrected chi connectivity index (χ0v) is 13.3. The predicted molar refractivity (Wildman–Crippen MR) is 78.2 cm³/mol. The van der Waals surface area contributed by atoms with E-state index in [1.54, 1.807) is 18.2 Å². The fourth-order valence-electron chi connectivity index (χ4n) is 2.66. The second kappa shape index (κ2) is 5.60. The second-order valence-electron chi connectivity index (χ2n) is 5.32. The zero-order valence-electron chi connectivity index (χ0n) is 10.9. The van der Waals surface area contributed by atoms with Crippen LogP contribution in [0.4, 0.5) is 0 Å². The average molecular weight is 322 g/mol. The molecule has 0 unspecified atom stereocenters. The number of piperidine rings is 1. The molecule has 0 spiro atoms. The average Bonchev–Trinajstić information content (AvgIpc) is 2.26. The van der Waals surface area contributed by atoms with Gasteiger partial charge in [0.2, 0.25) is 10.0 Å². The van der Waals surface area contributed by atoms with Crippen molar-refractivity contribution in [3.8, 4) is 0 Å². The minimum absolute atomic E-state index is 0.0274. The minimum Gasteiger partial charge on any atom is -0.207 e. The number of sulfonamides is 1. The van der Waals surface area contributed by atoms with Crippen LogP contribution in [0, 0.1) is 11.8 Å². The van der Waals surface area contributed by atoms with E-state index in [1.165, 1.54) is 4.31 Å². The summed E-state index contributed by atoms with van der Waals surface area (Å²) in [4.78, 5) is 0.0274. The van der Waals surface area contributed by atoms with Crippen molar-refractivity contribution in [2.45, 2.75) is 25.2 Å². The molecule has 0 bridgehead atoms. The summed E-state index contributed by atoms with van der Waals surface area (Å²) in [5, 5.41) is 0.358. The summed E-state index contributed by atoms with van der Waals surface area (Å²) in [5.41, 5.74) is 0. The Morgan fingerprint density at radius 1 is 1.11 bits per heavy atom. The first-order chi connectivity index (χ1) is 8.82. The molecule has 1 aromatic rings. The third-order valence-corrected chi connectivity index (χ3v) is 6.14. The van der Waals surface area contributed by atoms with Gasteiger partial charge in [-0.25, -0.2) is 8.42 Å². The Labute approximate surface area is 124 Å². The first-order valence-electron chi connectivity index (χ1n) is 6.26. The number of benzene rings is 1. The highest BCUT2D eigenvalue weighted by molar-refractivity contribution is 7.89. The molecule has 1 fully saturated rings. The van der Waals surface area contributed by atoms with Gasteiger partial charge in [-0.2, -0.15) is 4.31 Å². The number of hydrogen-bond donors (Lipinski definition) is 0. The van der Waals surface area contributed by atoms with E-state index in [1.807, 2.05) is 0 Å². The first kappa shape index (κ1) is 15.1. The van der Waals surface area contributed by atoms with Gasteiger partial charge < -0.3 is 0 Å². The van der Waals surface area contributed by atoms with Crippen molar-refractivity contribution in [1.82, 2.24) is 4.31 Å². The van der Waals surface area contributed by atoms with Crippen LogP contribution in [0.5, 0.6) is 0 Å². The molecule has 106 valence electrons. The van der Waals surface area contributed by atoms with Crippen molar-refractivity contribution < 1.29 is 8.42 Å². The molecule has 2 rings (SSSR count). The smallest absolute Gasteiger partial charge is 0.207 e. The summed E-state index contributed by atoms with van der Waals surface area (Å²) in [5.74, 6) is 0.694. The van der Waals surface area contributed by atoms with Gasteiger partial charge in [0.25, 0.3) is 0 Å². The maximum absolute atomic E-state index is 12.7. The monoisotopic (exact) mass is 321 g/mol. The SMILES string of the molecule is C[C@@H]1C[C@@H](C)CN(S(=O)(=O)c2c(Cl)cccc2Cl)C1. The van der Waals surface area contributed by atoms with E-state index in [9.17, 15) is 8.42 Å². The Balaban J connectivity index is 2.42. The Morgan fingerprint density at radius 3 is 2.05 bits per heavy atom. The van der Waals surface area contributed by atoms with Gasteiger partial charge in [-0.15, -0.1) is 0 Å². The molecule has 0 N–H and O–H groups in total. The van der Waals surface area contributed by atoms with Crippen LogP contribution < -0.4 is 0 Å². The number of rotatable bonds is 2. The van der Waals surface area contributed by atoms with Crippen LogP contribution >= 0.6 is 23.2 Å². The van der Waals surface area contributed by atoms with E-state index in [4.69, 9.17) is 23.2 Å². The standard InChI is InChI=1S/C13H17Cl2NO2S/c1-9-6-10(2)8-16(7-9)19(17,18)13-11(14)4-3-5-12(13)15/h3-5,9-10H,6-8H2,1-2H3/t9-,10-/m1/s1. The highest BCUT2D eigenvalue weighted by Crippen LogP contribution is 2.34. The van der Waals surface area contributed by atoms with Gasteiger partial charge in [-0.05, 0) is 30.4 Å². The summed E-state index contributed by atoms with van der Waals surface area (Å²) >= 11 is 12.0. The maximum atomic E-state index is 12.7. The summed E-state index contributed by atoms with van der Waals surface area (Å²) in [6.07, 6.45) is 1.04. The van der Waals surface area contributed by atoms with Crippen molar-refractivity contribution in [3.05, 3.63) is 28.2 Å². The topological polar surface area (TPSA) is 37.4 Å². The lowest BCUT2D eigenvalue weighted by molar-refractivity contribution is 0.222. The quantitative estimate of drug-likeness (QED) is 0.833. The Morgan fingerprint density at radius 2 is 1.58 bits per heavy atom. The van der Waals surface area contributed by atoms with E-state index in [2.05, 4.69) is 13.8 Å². The van der Waals surface area contributed by atoms with E-state index >= 15 is 0 Å². The lowest BCUT2D eigenvalue weighted by Gasteiger charge is -2.34. The predicted octanol–water partition coefficient (Wildman–Crippen LogP) is 3.66. The number of nitrogens with zero attached hydrogens (tertiary/aromatic N) is 1. The van der Waals surface area contributed by atoms with Crippen LogP contribution in [-0.4, -0.2) is 25.8 Å². The Hall–Kier alpha value is -0.290. The van der Waals surface area contributed by atoms with Gasteiger partial charge in [0, 0.05) is 13.1 Å². The van der Waals surface area contributed by atoms with Crippen molar-refractivity contribution >= 4 is 33.2 Å². The second-order valence-corrected chi connectivity index (χ2v) is 8.01. The van der Waals surface area contributed by atoms with E-state index in [0.717, 1.165) is 6.42 Å². The largest absolute Gasteiger partial charge is 0.246 e. The van der Waals surface area contributed by atoms with E-state index in [-0.39, 0.29) is 14.9 Å². The number of hydrogen-bond acceptors (Lipinski definition) is 2. The lowest BCUT2D eigenvalue weighted by atomic mass is 9.94. The molecule has 1 aliphatic rings. The number of halogens is 2. The molecule has 3 nitrogen and oxygen atoms in total.